The Balaban J connectivity index is 1.85. The fourth-order valence-electron chi connectivity index (χ4n) is 2.30. The number of amides is 1. The van der Waals surface area contributed by atoms with Gasteiger partial charge in [0, 0.05) is 12.8 Å². The topological polar surface area (TPSA) is 56.8 Å². The highest BCUT2D eigenvalue weighted by Crippen LogP contribution is 2.31. The number of methoxy groups -OCH3 is 1. The highest BCUT2D eigenvalue weighted by atomic mass is 79.9. The van der Waals surface area contributed by atoms with E-state index in [1.807, 2.05) is 18.2 Å². The summed E-state index contributed by atoms with van der Waals surface area (Å²) in [6.07, 6.45) is 0. The zero-order valence-electron chi connectivity index (χ0n) is 16.2. The smallest absolute Gasteiger partial charge is 0.262 e. The van der Waals surface area contributed by atoms with E-state index in [1.165, 1.54) is 5.56 Å². The van der Waals surface area contributed by atoms with Crippen molar-refractivity contribution in [3.05, 3.63) is 52.5 Å². The Labute approximate surface area is 169 Å². The van der Waals surface area contributed by atoms with Gasteiger partial charge in [-0.1, -0.05) is 26.8 Å². The van der Waals surface area contributed by atoms with Crippen LogP contribution < -0.4 is 14.8 Å². The average Bonchev–Trinajstić information content (AvgIpc) is 2.61. The molecule has 27 heavy (non-hydrogen) atoms. The van der Waals surface area contributed by atoms with Gasteiger partial charge >= 0.3 is 0 Å². The Bertz CT molecular complexity index is 754. The first-order valence-electron chi connectivity index (χ1n) is 8.74. The minimum Gasteiger partial charge on any atom is -0.491 e. The van der Waals surface area contributed by atoms with Crippen LogP contribution >= 0.6 is 15.9 Å². The third-order valence-electron chi connectivity index (χ3n) is 3.85. The highest BCUT2D eigenvalue weighted by molar-refractivity contribution is 9.10. The second-order valence-electron chi connectivity index (χ2n) is 7.10. The van der Waals surface area contributed by atoms with Crippen LogP contribution in [0.25, 0.3) is 0 Å². The van der Waals surface area contributed by atoms with Crippen LogP contribution in [0.3, 0.4) is 0 Å². The molecule has 5 nitrogen and oxygen atoms in total. The fourth-order valence-corrected chi connectivity index (χ4v) is 2.80. The molecular weight excluding hydrogens is 410 g/mol. The summed E-state index contributed by atoms with van der Waals surface area (Å²) in [4.78, 5) is 12.1. The molecule has 0 aliphatic rings. The molecule has 0 atom stereocenters. The van der Waals surface area contributed by atoms with E-state index in [-0.39, 0.29) is 17.9 Å². The standard InChI is InChI=1S/C21H26BrNO4/c1-21(2,3)15-5-10-19(18(22)13-15)27-14-20(24)23-16-6-8-17(9-7-16)26-12-11-25-4/h5-10,13H,11-12,14H2,1-4H3,(H,23,24). The van der Waals surface area contributed by atoms with Gasteiger partial charge in [0.05, 0.1) is 11.1 Å². The first-order valence-corrected chi connectivity index (χ1v) is 9.53. The number of nitrogens with one attached hydrogen (secondary N) is 1. The lowest BCUT2D eigenvalue weighted by molar-refractivity contribution is -0.118. The van der Waals surface area contributed by atoms with E-state index in [4.69, 9.17) is 14.2 Å². The van der Waals surface area contributed by atoms with E-state index in [2.05, 4.69) is 42.0 Å². The summed E-state index contributed by atoms with van der Waals surface area (Å²) in [6, 6.07) is 13.1. The van der Waals surface area contributed by atoms with Crippen LogP contribution in [0, 0.1) is 0 Å². The molecule has 0 aromatic heterocycles. The number of rotatable bonds is 8. The zero-order chi connectivity index (χ0) is 19.9. The maximum Gasteiger partial charge on any atom is 0.262 e. The minimum absolute atomic E-state index is 0.0534. The molecule has 0 fully saturated rings. The van der Waals surface area contributed by atoms with Crippen LogP contribution in [-0.2, 0) is 14.9 Å². The van der Waals surface area contributed by atoms with Gasteiger partial charge in [-0.15, -0.1) is 0 Å². The fraction of sp³-hybridized carbons (Fsp3) is 0.381. The maximum atomic E-state index is 12.1. The number of hydrogen-bond acceptors (Lipinski definition) is 4. The molecule has 1 amide bonds. The minimum atomic E-state index is -0.227. The van der Waals surface area contributed by atoms with Crippen molar-refractivity contribution in [3.63, 3.8) is 0 Å². The van der Waals surface area contributed by atoms with Crippen LogP contribution in [0.5, 0.6) is 11.5 Å². The predicted octanol–water partition coefficient (Wildman–Crippen LogP) is 4.79. The van der Waals surface area contributed by atoms with E-state index in [1.54, 1.807) is 31.4 Å². The van der Waals surface area contributed by atoms with Crippen LogP contribution in [0.15, 0.2) is 46.9 Å². The monoisotopic (exact) mass is 435 g/mol. The van der Waals surface area contributed by atoms with Gasteiger partial charge in [-0.3, -0.25) is 4.79 Å². The number of ether oxygens (including phenoxy) is 3. The average molecular weight is 436 g/mol. The Hall–Kier alpha value is -2.05. The van der Waals surface area contributed by atoms with Crippen molar-refractivity contribution in [1.29, 1.82) is 0 Å². The van der Waals surface area contributed by atoms with Crippen molar-refractivity contribution in [1.82, 2.24) is 0 Å². The van der Waals surface area contributed by atoms with Crippen LogP contribution in [0.4, 0.5) is 5.69 Å². The summed E-state index contributed by atoms with van der Waals surface area (Å²) in [5.74, 6) is 1.14. The van der Waals surface area contributed by atoms with Crippen molar-refractivity contribution in [2.24, 2.45) is 0 Å². The summed E-state index contributed by atoms with van der Waals surface area (Å²) in [5, 5.41) is 2.80. The molecule has 2 aromatic rings. The number of halogens is 1. The van der Waals surface area contributed by atoms with Crippen molar-refractivity contribution < 1.29 is 19.0 Å². The maximum absolute atomic E-state index is 12.1. The van der Waals surface area contributed by atoms with E-state index in [0.717, 1.165) is 10.2 Å². The summed E-state index contributed by atoms with van der Waals surface area (Å²) < 4.78 is 16.9. The number of carbonyl (C=O) groups is 1. The lowest BCUT2D eigenvalue weighted by Gasteiger charge is -2.20. The van der Waals surface area contributed by atoms with Crippen LogP contribution in [0.1, 0.15) is 26.3 Å². The third-order valence-corrected chi connectivity index (χ3v) is 4.47. The Morgan fingerprint density at radius 3 is 2.33 bits per heavy atom. The third kappa shape index (κ3) is 6.88. The SMILES string of the molecule is COCCOc1ccc(NC(=O)COc2ccc(C(C)(C)C)cc2Br)cc1. The van der Waals surface area contributed by atoms with E-state index < -0.39 is 0 Å². The Kier molecular flexibility index (Phi) is 7.68. The van der Waals surface area contributed by atoms with Gasteiger partial charge < -0.3 is 19.5 Å². The van der Waals surface area contributed by atoms with E-state index in [0.29, 0.717) is 24.7 Å². The van der Waals surface area contributed by atoms with E-state index >= 15 is 0 Å². The quantitative estimate of drug-likeness (QED) is 0.605. The van der Waals surface area contributed by atoms with Gasteiger partial charge in [0.25, 0.3) is 5.91 Å². The first-order chi connectivity index (χ1) is 12.8. The molecule has 0 aliphatic heterocycles. The molecule has 0 saturated heterocycles. The molecule has 2 rings (SSSR count). The summed E-state index contributed by atoms with van der Waals surface area (Å²) in [5.41, 5.74) is 1.93. The van der Waals surface area contributed by atoms with Crippen molar-refractivity contribution >= 4 is 27.5 Å². The van der Waals surface area contributed by atoms with Gasteiger partial charge in [0.2, 0.25) is 0 Å². The number of anilines is 1. The van der Waals surface area contributed by atoms with Gasteiger partial charge in [-0.25, -0.2) is 0 Å². The molecule has 2 aromatic carbocycles. The largest absolute Gasteiger partial charge is 0.491 e. The normalized spacial score (nSPS) is 11.1. The Morgan fingerprint density at radius 2 is 1.74 bits per heavy atom. The predicted molar refractivity (Wildman–Crippen MR) is 111 cm³/mol. The molecule has 0 radical (unpaired) electrons. The van der Waals surface area contributed by atoms with Crippen molar-refractivity contribution in [2.45, 2.75) is 26.2 Å². The number of carbonyl (C=O) groups excluding carboxylic acids is 1. The van der Waals surface area contributed by atoms with Crippen molar-refractivity contribution in [2.75, 3.05) is 32.2 Å². The molecule has 0 bridgehead atoms. The molecule has 6 heteroatoms. The summed E-state index contributed by atoms with van der Waals surface area (Å²) in [7, 11) is 1.63. The van der Waals surface area contributed by atoms with Gasteiger partial charge in [0.15, 0.2) is 6.61 Å². The number of benzene rings is 2. The highest BCUT2D eigenvalue weighted by Gasteiger charge is 2.15. The molecule has 0 spiro atoms. The molecule has 1 N–H and O–H groups in total. The van der Waals surface area contributed by atoms with E-state index in [9.17, 15) is 4.79 Å². The van der Waals surface area contributed by atoms with Gasteiger partial charge in [-0.2, -0.15) is 0 Å². The summed E-state index contributed by atoms with van der Waals surface area (Å²) >= 11 is 3.51. The molecule has 0 heterocycles. The molecule has 0 aliphatic carbocycles. The van der Waals surface area contributed by atoms with Gasteiger partial charge in [-0.05, 0) is 63.3 Å². The molecular formula is C21H26BrNO4. The molecule has 0 unspecified atom stereocenters. The van der Waals surface area contributed by atoms with Crippen LogP contribution in [-0.4, -0.2) is 32.8 Å². The molecule has 146 valence electrons. The zero-order valence-corrected chi connectivity index (χ0v) is 17.8. The Morgan fingerprint density at radius 1 is 1.04 bits per heavy atom. The summed E-state index contributed by atoms with van der Waals surface area (Å²) in [6.45, 7) is 7.39. The molecule has 0 saturated carbocycles. The first kappa shape index (κ1) is 21.3. The van der Waals surface area contributed by atoms with Crippen molar-refractivity contribution in [3.8, 4) is 11.5 Å². The van der Waals surface area contributed by atoms with Gasteiger partial charge in [0.1, 0.15) is 18.1 Å². The number of hydrogen-bond donors (Lipinski definition) is 1. The van der Waals surface area contributed by atoms with Crippen LogP contribution in [0.2, 0.25) is 0 Å². The lowest BCUT2D eigenvalue weighted by atomic mass is 9.87. The second kappa shape index (κ2) is 9.76. The second-order valence-corrected chi connectivity index (χ2v) is 7.95. The lowest BCUT2D eigenvalue weighted by Crippen LogP contribution is -2.20.